The third-order valence-corrected chi connectivity index (χ3v) is 2.70. The van der Waals surface area contributed by atoms with Gasteiger partial charge < -0.3 is 14.8 Å². The molecule has 1 unspecified atom stereocenters. The van der Waals surface area contributed by atoms with Gasteiger partial charge in [-0.2, -0.15) is 13.2 Å². The molecule has 0 aliphatic carbocycles. The molecule has 1 heterocycles. The van der Waals surface area contributed by atoms with Gasteiger partial charge in [0.15, 0.2) is 6.10 Å². The minimum Gasteiger partial charge on any atom is -0.508 e. The minimum absolute atomic E-state index is 0.129. The number of hydrogen-bond acceptors (Lipinski definition) is 2. The SMILES string of the molecule is Oc1ccc(Cn2ccc(C(O)C(F)(F)F)c2)cc1. The molecule has 0 bridgehead atoms. The van der Waals surface area contributed by atoms with E-state index < -0.39 is 12.3 Å². The number of aromatic nitrogens is 1. The second-order valence-corrected chi connectivity index (χ2v) is 4.23. The molecular formula is C13H12F3NO2. The molecule has 2 rings (SSSR count). The van der Waals surface area contributed by atoms with E-state index in [2.05, 4.69) is 0 Å². The van der Waals surface area contributed by atoms with Crippen LogP contribution in [0.2, 0.25) is 0 Å². The standard InChI is InChI=1S/C13H12F3NO2/c14-13(15,16)12(19)10-5-6-17(8-10)7-9-1-3-11(18)4-2-9/h1-6,8,12,18-19H,7H2. The fourth-order valence-electron chi connectivity index (χ4n) is 1.72. The van der Waals surface area contributed by atoms with Crippen LogP contribution >= 0.6 is 0 Å². The van der Waals surface area contributed by atoms with Crippen LogP contribution in [-0.2, 0) is 6.54 Å². The van der Waals surface area contributed by atoms with Crippen LogP contribution in [0.25, 0.3) is 0 Å². The van der Waals surface area contributed by atoms with Crippen LogP contribution in [0.1, 0.15) is 17.2 Å². The lowest BCUT2D eigenvalue weighted by Gasteiger charge is -2.12. The Morgan fingerprint density at radius 1 is 1.11 bits per heavy atom. The lowest BCUT2D eigenvalue weighted by Crippen LogP contribution is -2.19. The normalized spacial score (nSPS) is 13.5. The van der Waals surface area contributed by atoms with Crippen LogP contribution in [-0.4, -0.2) is 21.0 Å². The maximum atomic E-state index is 12.3. The lowest BCUT2D eigenvalue weighted by molar-refractivity contribution is -0.206. The summed E-state index contributed by atoms with van der Waals surface area (Å²) in [6.07, 6.45) is -4.40. The highest BCUT2D eigenvalue weighted by Gasteiger charge is 2.39. The maximum absolute atomic E-state index is 12.3. The smallest absolute Gasteiger partial charge is 0.418 e. The summed E-state index contributed by atoms with van der Waals surface area (Å²) in [5.74, 6) is 0.129. The Bertz CT molecular complexity index is 546. The summed E-state index contributed by atoms with van der Waals surface area (Å²) in [5, 5.41) is 18.2. The Morgan fingerprint density at radius 3 is 2.32 bits per heavy atom. The molecule has 3 nitrogen and oxygen atoms in total. The predicted molar refractivity (Wildman–Crippen MR) is 62.7 cm³/mol. The van der Waals surface area contributed by atoms with E-state index in [0.29, 0.717) is 6.54 Å². The van der Waals surface area contributed by atoms with Crippen molar-refractivity contribution in [1.82, 2.24) is 4.57 Å². The summed E-state index contributed by atoms with van der Waals surface area (Å²) in [7, 11) is 0. The molecule has 1 aromatic carbocycles. The van der Waals surface area contributed by atoms with Gasteiger partial charge in [-0.05, 0) is 23.8 Å². The van der Waals surface area contributed by atoms with Gasteiger partial charge in [0.1, 0.15) is 5.75 Å². The summed E-state index contributed by atoms with van der Waals surface area (Å²) in [6, 6.07) is 7.59. The van der Waals surface area contributed by atoms with E-state index in [1.807, 2.05) is 0 Å². The number of rotatable bonds is 3. The van der Waals surface area contributed by atoms with E-state index >= 15 is 0 Å². The Hall–Kier alpha value is -1.95. The largest absolute Gasteiger partial charge is 0.508 e. The van der Waals surface area contributed by atoms with Gasteiger partial charge in [0, 0.05) is 24.5 Å². The molecule has 1 aromatic heterocycles. The molecule has 0 fully saturated rings. The summed E-state index contributed by atoms with van der Waals surface area (Å²) in [5.41, 5.74) is 0.646. The summed E-state index contributed by atoms with van der Waals surface area (Å²) >= 11 is 0. The average Bonchev–Trinajstić information content (AvgIpc) is 2.78. The zero-order chi connectivity index (χ0) is 14.0. The molecule has 2 aromatic rings. The molecule has 2 N–H and O–H groups in total. The Morgan fingerprint density at radius 2 is 1.74 bits per heavy atom. The number of aliphatic hydroxyl groups is 1. The fourth-order valence-corrected chi connectivity index (χ4v) is 1.72. The number of alkyl halides is 3. The monoisotopic (exact) mass is 271 g/mol. The van der Waals surface area contributed by atoms with Crippen LogP contribution in [0.5, 0.6) is 5.75 Å². The van der Waals surface area contributed by atoms with Gasteiger partial charge in [-0.25, -0.2) is 0 Å². The summed E-state index contributed by atoms with van der Waals surface area (Å²) in [4.78, 5) is 0. The van der Waals surface area contributed by atoms with E-state index in [0.717, 1.165) is 5.56 Å². The molecule has 0 amide bonds. The van der Waals surface area contributed by atoms with Gasteiger partial charge in [-0.1, -0.05) is 12.1 Å². The van der Waals surface area contributed by atoms with Crippen LogP contribution in [0.4, 0.5) is 13.2 Å². The highest BCUT2D eigenvalue weighted by Crippen LogP contribution is 2.32. The van der Waals surface area contributed by atoms with E-state index in [-0.39, 0.29) is 11.3 Å². The molecule has 0 saturated heterocycles. The van der Waals surface area contributed by atoms with E-state index in [1.54, 1.807) is 12.1 Å². The third kappa shape index (κ3) is 3.29. The second-order valence-electron chi connectivity index (χ2n) is 4.23. The Kier molecular flexibility index (Phi) is 3.53. The molecular weight excluding hydrogens is 259 g/mol. The molecule has 0 aliphatic heterocycles. The zero-order valence-electron chi connectivity index (χ0n) is 9.80. The van der Waals surface area contributed by atoms with E-state index in [9.17, 15) is 13.2 Å². The Balaban J connectivity index is 2.11. The highest BCUT2D eigenvalue weighted by atomic mass is 19.4. The van der Waals surface area contributed by atoms with Crippen molar-refractivity contribution in [2.75, 3.05) is 0 Å². The van der Waals surface area contributed by atoms with Gasteiger partial charge >= 0.3 is 6.18 Å². The van der Waals surface area contributed by atoms with Crippen molar-refractivity contribution in [2.24, 2.45) is 0 Å². The first kappa shape index (κ1) is 13.5. The number of hydrogen-bond donors (Lipinski definition) is 2. The fraction of sp³-hybridized carbons (Fsp3) is 0.231. The summed E-state index contributed by atoms with van der Waals surface area (Å²) in [6.45, 7) is 0.366. The first-order chi connectivity index (χ1) is 8.86. The molecule has 1 atom stereocenters. The molecule has 0 radical (unpaired) electrons. The van der Waals surface area contributed by atoms with Crippen molar-refractivity contribution < 1.29 is 23.4 Å². The summed E-state index contributed by atoms with van der Waals surface area (Å²) < 4.78 is 38.5. The third-order valence-electron chi connectivity index (χ3n) is 2.70. The predicted octanol–water partition coefficient (Wildman–Crippen LogP) is 2.84. The van der Waals surface area contributed by atoms with Crippen molar-refractivity contribution in [3.05, 3.63) is 53.9 Å². The van der Waals surface area contributed by atoms with Crippen LogP contribution < -0.4 is 0 Å². The van der Waals surface area contributed by atoms with Crippen molar-refractivity contribution >= 4 is 0 Å². The van der Waals surface area contributed by atoms with Gasteiger partial charge in [0.05, 0.1) is 0 Å². The topological polar surface area (TPSA) is 45.4 Å². The Labute approximate surface area is 107 Å². The molecule has 102 valence electrons. The lowest BCUT2D eigenvalue weighted by atomic mass is 10.2. The molecule has 6 heteroatoms. The van der Waals surface area contributed by atoms with Gasteiger partial charge in [-0.3, -0.25) is 0 Å². The van der Waals surface area contributed by atoms with Gasteiger partial charge in [-0.15, -0.1) is 0 Å². The number of phenolic OH excluding ortho intramolecular Hbond substituents is 1. The molecule has 19 heavy (non-hydrogen) atoms. The van der Waals surface area contributed by atoms with Crippen LogP contribution in [0, 0.1) is 0 Å². The number of nitrogens with zero attached hydrogens (tertiary/aromatic N) is 1. The average molecular weight is 271 g/mol. The number of phenols is 1. The van der Waals surface area contributed by atoms with Gasteiger partial charge in [0.25, 0.3) is 0 Å². The molecule has 0 spiro atoms. The quantitative estimate of drug-likeness (QED) is 0.901. The van der Waals surface area contributed by atoms with E-state index in [4.69, 9.17) is 10.2 Å². The minimum atomic E-state index is -4.66. The van der Waals surface area contributed by atoms with Crippen LogP contribution in [0.3, 0.4) is 0 Å². The maximum Gasteiger partial charge on any atom is 0.418 e. The first-order valence-corrected chi connectivity index (χ1v) is 5.54. The number of halogens is 3. The molecule has 0 aliphatic rings. The zero-order valence-corrected chi connectivity index (χ0v) is 9.80. The van der Waals surface area contributed by atoms with Crippen molar-refractivity contribution in [3.8, 4) is 5.75 Å². The molecule has 0 saturated carbocycles. The first-order valence-electron chi connectivity index (χ1n) is 5.54. The second kappa shape index (κ2) is 4.97. The highest BCUT2D eigenvalue weighted by molar-refractivity contribution is 5.26. The number of benzene rings is 1. The van der Waals surface area contributed by atoms with Gasteiger partial charge in [0.2, 0.25) is 0 Å². The van der Waals surface area contributed by atoms with Crippen molar-refractivity contribution in [3.63, 3.8) is 0 Å². The van der Waals surface area contributed by atoms with E-state index in [1.165, 1.54) is 35.2 Å². The van der Waals surface area contributed by atoms with Crippen LogP contribution in [0.15, 0.2) is 42.7 Å². The number of aromatic hydroxyl groups is 1. The van der Waals surface area contributed by atoms with Crippen molar-refractivity contribution in [1.29, 1.82) is 0 Å². The van der Waals surface area contributed by atoms with Crippen molar-refractivity contribution in [2.45, 2.75) is 18.8 Å². The number of aliphatic hydroxyl groups excluding tert-OH is 1.